The van der Waals surface area contributed by atoms with Crippen molar-refractivity contribution in [1.82, 2.24) is 0 Å². The molecule has 0 saturated carbocycles. The number of benzene rings is 3. The zero-order valence-corrected chi connectivity index (χ0v) is 23.7. The van der Waals surface area contributed by atoms with Gasteiger partial charge < -0.3 is 19.9 Å². The lowest BCUT2D eigenvalue weighted by Crippen LogP contribution is -2.40. The molecule has 0 fully saturated rings. The minimum Gasteiger partial charge on any atom is -0.497 e. The number of methoxy groups -OCH3 is 3. The van der Waals surface area contributed by atoms with Crippen molar-refractivity contribution in [1.29, 1.82) is 5.26 Å². The number of anilines is 1. The SMILES string of the molecule is COC(=O)C1=C(C(=O)OC)N(c2cc(OC)cc(S(=O)(=O)c3ccc(Cl)cc3)c2)C(N)=C(C#N)C1c1ccccc1. The molecule has 1 atom stereocenters. The lowest BCUT2D eigenvalue weighted by Gasteiger charge is -2.36. The highest BCUT2D eigenvalue weighted by atomic mass is 35.5. The normalized spacial score (nSPS) is 15.3. The number of sulfone groups is 1. The van der Waals surface area contributed by atoms with E-state index < -0.39 is 27.7 Å². The van der Waals surface area contributed by atoms with Gasteiger partial charge in [0.1, 0.15) is 17.3 Å². The van der Waals surface area contributed by atoms with E-state index in [4.69, 9.17) is 31.5 Å². The Bertz CT molecular complexity index is 1730. The van der Waals surface area contributed by atoms with Crippen LogP contribution in [-0.4, -0.2) is 41.7 Å². The summed E-state index contributed by atoms with van der Waals surface area (Å²) < 4.78 is 42.6. The first-order valence-electron chi connectivity index (χ1n) is 11.9. The molecule has 10 nitrogen and oxygen atoms in total. The van der Waals surface area contributed by atoms with Gasteiger partial charge in [0.25, 0.3) is 0 Å². The second-order valence-electron chi connectivity index (χ2n) is 8.66. The van der Waals surface area contributed by atoms with Crippen LogP contribution in [0.5, 0.6) is 5.75 Å². The van der Waals surface area contributed by atoms with Gasteiger partial charge in [-0.15, -0.1) is 0 Å². The second-order valence-corrected chi connectivity index (χ2v) is 11.0. The van der Waals surface area contributed by atoms with E-state index in [2.05, 4.69) is 0 Å². The lowest BCUT2D eigenvalue weighted by molar-refractivity contribution is -0.139. The molecule has 12 heteroatoms. The molecule has 0 amide bonds. The third-order valence-corrected chi connectivity index (χ3v) is 8.40. The summed E-state index contributed by atoms with van der Waals surface area (Å²) >= 11 is 5.94. The highest BCUT2D eigenvalue weighted by Gasteiger charge is 2.43. The van der Waals surface area contributed by atoms with E-state index in [1.807, 2.05) is 6.07 Å². The van der Waals surface area contributed by atoms with Crippen LogP contribution < -0.4 is 15.4 Å². The fraction of sp³-hybridized carbons (Fsp3) is 0.138. The quantitative estimate of drug-likeness (QED) is 0.397. The third-order valence-electron chi connectivity index (χ3n) is 6.40. The Labute approximate surface area is 241 Å². The highest BCUT2D eigenvalue weighted by Crippen LogP contribution is 2.44. The molecular weight excluding hydrogens is 570 g/mol. The summed E-state index contributed by atoms with van der Waals surface area (Å²) in [7, 11) is -0.555. The monoisotopic (exact) mass is 593 g/mol. The summed E-state index contributed by atoms with van der Waals surface area (Å²) in [6.07, 6.45) is 0. The molecule has 0 aromatic heterocycles. The Hall–Kier alpha value is -4.79. The van der Waals surface area contributed by atoms with Crippen LogP contribution in [0.15, 0.2) is 105 Å². The number of nitriles is 1. The maximum Gasteiger partial charge on any atom is 0.355 e. The zero-order valence-electron chi connectivity index (χ0n) is 22.1. The van der Waals surface area contributed by atoms with Crippen molar-refractivity contribution < 1.29 is 32.2 Å². The van der Waals surface area contributed by atoms with Gasteiger partial charge in [-0.3, -0.25) is 4.90 Å². The molecule has 0 radical (unpaired) electrons. The molecule has 0 saturated heterocycles. The molecule has 210 valence electrons. The van der Waals surface area contributed by atoms with Crippen molar-refractivity contribution in [3.63, 3.8) is 0 Å². The van der Waals surface area contributed by atoms with Crippen LogP contribution in [0.4, 0.5) is 5.69 Å². The van der Waals surface area contributed by atoms with Crippen LogP contribution in [0.25, 0.3) is 0 Å². The van der Waals surface area contributed by atoms with Gasteiger partial charge in [-0.2, -0.15) is 5.26 Å². The molecule has 41 heavy (non-hydrogen) atoms. The topological polar surface area (TPSA) is 149 Å². The number of halogens is 1. The van der Waals surface area contributed by atoms with Crippen LogP contribution in [0.2, 0.25) is 5.02 Å². The van der Waals surface area contributed by atoms with E-state index in [1.54, 1.807) is 30.3 Å². The lowest BCUT2D eigenvalue weighted by atomic mass is 9.81. The van der Waals surface area contributed by atoms with Gasteiger partial charge in [-0.05, 0) is 42.0 Å². The number of hydrogen-bond acceptors (Lipinski definition) is 10. The van der Waals surface area contributed by atoms with Crippen LogP contribution >= 0.6 is 11.6 Å². The van der Waals surface area contributed by atoms with Gasteiger partial charge >= 0.3 is 11.9 Å². The Morgan fingerprint density at radius 1 is 0.927 bits per heavy atom. The van der Waals surface area contributed by atoms with Crippen molar-refractivity contribution in [3.05, 3.63) is 106 Å². The molecule has 1 aliphatic heterocycles. The molecule has 3 aromatic rings. The van der Waals surface area contributed by atoms with Gasteiger partial charge in [0.15, 0.2) is 0 Å². The number of esters is 2. The summed E-state index contributed by atoms with van der Waals surface area (Å²) in [6, 6.07) is 20.1. The minimum atomic E-state index is -4.13. The van der Waals surface area contributed by atoms with Crippen molar-refractivity contribution in [2.75, 3.05) is 26.2 Å². The third kappa shape index (κ3) is 5.35. The van der Waals surface area contributed by atoms with Crippen LogP contribution in [0, 0.1) is 11.3 Å². The maximum absolute atomic E-state index is 13.6. The summed E-state index contributed by atoms with van der Waals surface area (Å²) in [5, 5.41) is 10.6. The number of nitrogens with two attached hydrogens (primary N) is 1. The fourth-order valence-corrected chi connectivity index (χ4v) is 5.93. The van der Waals surface area contributed by atoms with Crippen LogP contribution in [-0.2, 0) is 28.9 Å². The molecule has 3 aromatic carbocycles. The molecule has 1 aliphatic rings. The van der Waals surface area contributed by atoms with Gasteiger partial charge in [0, 0.05) is 11.1 Å². The van der Waals surface area contributed by atoms with Gasteiger partial charge in [-0.1, -0.05) is 41.9 Å². The number of carbonyl (C=O) groups excluding carboxylic acids is 2. The maximum atomic E-state index is 13.6. The molecule has 0 spiro atoms. The van der Waals surface area contributed by atoms with Crippen molar-refractivity contribution in [2.24, 2.45) is 5.73 Å². The molecule has 2 N–H and O–H groups in total. The largest absolute Gasteiger partial charge is 0.497 e. The Morgan fingerprint density at radius 3 is 2.12 bits per heavy atom. The average Bonchev–Trinajstić information content (AvgIpc) is 2.99. The van der Waals surface area contributed by atoms with Crippen molar-refractivity contribution in [2.45, 2.75) is 15.7 Å². The van der Waals surface area contributed by atoms with Crippen LogP contribution in [0.1, 0.15) is 11.5 Å². The van der Waals surface area contributed by atoms with E-state index in [0.29, 0.717) is 10.6 Å². The van der Waals surface area contributed by atoms with Crippen molar-refractivity contribution in [3.8, 4) is 11.8 Å². The number of nitrogens with zero attached hydrogens (tertiary/aromatic N) is 2. The predicted octanol–water partition coefficient (Wildman–Crippen LogP) is 4.08. The number of carbonyl (C=O) groups is 2. The van der Waals surface area contributed by atoms with E-state index in [-0.39, 0.29) is 43.9 Å². The van der Waals surface area contributed by atoms with Crippen LogP contribution in [0.3, 0.4) is 0 Å². The molecule has 1 heterocycles. The standard InChI is InChI=1S/C29H24ClN3O7S/c1-38-20-13-19(14-22(15-20)41(36,37)21-11-9-18(30)10-12-21)33-26(29(35)40-3)25(28(34)39-2)24(23(16-31)27(33)32)17-7-5-4-6-8-17/h4-15,24H,32H2,1-3H3. The smallest absolute Gasteiger partial charge is 0.355 e. The first-order valence-corrected chi connectivity index (χ1v) is 13.8. The van der Waals surface area contributed by atoms with E-state index in [9.17, 15) is 23.3 Å². The summed E-state index contributed by atoms with van der Waals surface area (Å²) in [5.74, 6) is -3.10. The first kappa shape index (κ1) is 29.2. The Morgan fingerprint density at radius 2 is 1.56 bits per heavy atom. The molecule has 0 aliphatic carbocycles. The summed E-state index contributed by atoms with van der Waals surface area (Å²) in [4.78, 5) is 27.4. The number of ether oxygens (including phenoxy) is 3. The Kier molecular flexibility index (Phi) is 8.37. The first-order chi connectivity index (χ1) is 19.6. The highest BCUT2D eigenvalue weighted by molar-refractivity contribution is 7.91. The minimum absolute atomic E-state index is 0.00968. The molecule has 4 rings (SSSR count). The summed E-state index contributed by atoms with van der Waals surface area (Å²) in [5.41, 5.74) is 6.39. The summed E-state index contributed by atoms with van der Waals surface area (Å²) in [6.45, 7) is 0. The van der Waals surface area contributed by atoms with Gasteiger partial charge in [0.05, 0.1) is 59.9 Å². The predicted molar refractivity (Wildman–Crippen MR) is 149 cm³/mol. The zero-order chi connectivity index (χ0) is 29.9. The van der Waals surface area contributed by atoms with Crippen molar-refractivity contribution >= 4 is 39.1 Å². The van der Waals surface area contributed by atoms with E-state index >= 15 is 0 Å². The molecule has 1 unspecified atom stereocenters. The average molecular weight is 594 g/mol. The molecule has 0 bridgehead atoms. The fourth-order valence-electron chi connectivity index (χ4n) is 4.49. The van der Waals surface area contributed by atoms with Gasteiger partial charge in [0.2, 0.25) is 9.84 Å². The van der Waals surface area contributed by atoms with E-state index in [1.165, 1.54) is 49.6 Å². The molecular formula is C29H24ClN3O7S. The number of allylic oxidation sites excluding steroid dienone is 1. The Balaban J connectivity index is 2.06. The number of rotatable bonds is 7. The second kappa shape index (κ2) is 11.8. The van der Waals surface area contributed by atoms with E-state index in [0.717, 1.165) is 19.1 Å². The van der Waals surface area contributed by atoms with Gasteiger partial charge in [-0.25, -0.2) is 18.0 Å². The number of hydrogen-bond donors (Lipinski definition) is 1.